The number of nitrogens with one attached hydrogen (secondary N) is 1. The van der Waals surface area contributed by atoms with Crippen LogP contribution in [0.15, 0.2) is 36.4 Å². The molecule has 0 saturated carbocycles. The molecule has 0 heterocycles. The molecule has 5 heteroatoms. The monoisotopic (exact) mass is 385 g/mol. The van der Waals surface area contributed by atoms with E-state index in [-0.39, 0.29) is 12.5 Å². The van der Waals surface area contributed by atoms with Crippen LogP contribution >= 0.6 is 0 Å². The molecule has 0 saturated heterocycles. The third-order valence-corrected chi connectivity index (χ3v) is 4.33. The summed E-state index contributed by atoms with van der Waals surface area (Å²) in [4.78, 5) is 12.2. The Morgan fingerprint density at radius 3 is 2.50 bits per heavy atom. The van der Waals surface area contributed by atoms with E-state index in [2.05, 4.69) is 38.2 Å². The number of amides is 1. The lowest BCUT2D eigenvalue weighted by molar-refractivity contribution is -0.123. The molecule has 0 bridgehead atoms. The third-order valence-electron chi connectivity index (χ3n) is 4.33. The van der Waals surface area contributed by atoms with Crippen molar-refractivity contribution in [3.8, 4) is 17.2 Å². The fourth-order valence-corrected chi connectivity index (χ4v) is 2.79. The van der Waals surface area contributed by atoms with Crippen LogP contribution in [-0.2, 0) is 11.3 Å². The Balaban J connectivity index is 1.92. The standard InChI is InChI=1S/C23H31NO4/c1-6-11-27-20-10-8-18(13-22(20)26-5)14-24-23(25)15-28-21-12-17(4)7-9-19(21)16(2)3/h7-10,12-13,16H,6,11,14-15H2,1-5H3,(H,24,25). The zero-order valence-corrected chi connectivity index (χ0v) is 17.5. The molecule has 0 spiro atoms. The fourth-order valence-electron chi connectivity index (χ4n) is 2.79. The average molecular weight is 386 g/mol. The molecule has 1 N–H and O–H groups in total. The molecule has 0 aromatic heterocycles. The lowest BCUT2D eigenvalue weighted by atomic mass is 10.0. The summed E-state index contributed by atoms with van der Waals surface area (Å²) >= 11 is 0. The van der Waals surface area contributed by atoms with Gasteiger partial charge in [-0.2, -0.15) is 0 Å². The number of benzene rings is 2. The van der Waals surface area contributed by atoms with Crippen molar-refractivity contribution in [3.05, 3.63) is 53.1 Å². The maximum Gasteiger partial charge on any atom is 0.258 e. The fraction of sp³-hybridized carbons (Fsp3) is 0.435. The molecule has 2 aromatic carbocycles. The molecule has 0 atom stereocenters. The van der Waals surface area contributed by atoms with E-state index in [0.29, 0.717) is 30.6 Å². The third kappa shape index (κ3) is 6.19. The topological polar surface area (TPSA) is 56.8 Å². The minimum Gasteiger partial charge on any atom is -0.493 e. The van der Waals surface area contributed by atoms with E-state index in [1.165, 1.54) is 0 Å². The molecule has 28 heavy (non-hydrogen) atoms. The van der Waals surface area contributed by atoms with Gasteiger partial charge in [0, 0.05) is 6.54 Å². The highest BCUT2D eigenvalue weighted by Gasteiger charge is 2.11. The Labute approximate surface area is 168 Å². The zero-order valence-electron chi connectivity index (χ0n) is 17.5. The Morgan fingerprint density at radius 1 is 1.04 bits per heavy atom. The first kappa shape index (κ1) is 21.6. The quantitative estimate of drug-likeness (QED) is 0.649. The molecule has 0 aliphatic heterocycles. The molecule has 5 nitrogen and oxygen atoms in total. The SMILES string of the molecule is CCCOc1ccc(CNC(=O)COc2cc(C)ccc2C(C)C)cc1OC. The largest absolute Gasteiger partial charge is 0.493 e. The van der Waals surface area contributed by atoms with Crippen molar-refractivity contribution < 1.29 is 19.0 Å². The molecule has 2 aromatic rings. The van der Waals surface area contributed by atoms with Crippen LogP contribution in [0.25, 0.3) is 0 Å². The highest BCUT2D eigenvalue weighted by molar-refractivity contribution is 5.77. The summed E-state index contributed by atoms with van der Waals surface area (Å²) in [7, 11) is 1.61. The first-order chi connectivity index (χ1) is 13.4. The molecule has 1 amide bonds. The van der Waals surface area contributed by atoms with Gasteiger partial charge in [-0.05, 0) is 54.2 Å². The first-order valence-electron chi connectivity index (χ1n) is 9.74. The van der Waals surface area contributed by atoms with Crippen LogP contribution in [0.2, 0.25) is 0 Å². The van der Waals surface area contributed by atoms with Gasteiger partial charge in [0.1, 0.15) is 5.75 Å². The minimum absolute atomic E-state index is 0.0159. The van der Waals surface area contributed by atoms with E-state index in [4.69, 9.17) is 14.2 Å². The zero-order chi connectivity index (χ0) is 20.5. The van der Waals surface area contributed by atoms with Gasteiger partial charge in [0.2, 0.25) is 0 Å². The lowest BCUT2D eigenvalue weighted by Gasteiger charge is -2.15. The highest BCUT2D eigenvalue weighted by atomic mass is 16.5. The van der Waals surface area contributed by atoms with Crippen LogP contribution in [-0.4, -0.2) is 26.2 Å². The number of carbonyl (C=O) groups is 1. The van der Waals surface area contributed by atoms with Gasteiger partial charge in [0.25, 0.3) is 5.91 Å². The van der Waals surface area contributed by atoms with Crippen molar-refractivity contribution in [2.45, 2.75) is 46.6 Å². The lowest BCUT2D eigenvalue weighted by Crippen LogP contribution is -2.28. The van der Waals surface area contributed by atoms with Gasteiger partial charge in [-0.25, -0.2) is 0 Å². The van der Waals surface area contributed by atoms with Crippen LogP contribution in [0.3, 0.4) is 0 Å². The normalized spacial score (nSPS) is 10.6. The molecule has 0 radical (unpaired) electrons. The summed E-state index contributed by atoms with van der Waals surface area (Å²) in [5, 5.41) is 2.89. The van der Waals surface area contributed by atoms with Crippen LogP contribution < -0.4 is 19.5 Å². The Kier molecular flexibility index (Phi) is 8.18. The van der Waals surface area contributed by atoms with Crippen molar-refractivity contribution in [3.63, 3.8) is 0 Å². The average Bonchev–Trinajstić information content (AvgIpc) is 2.69. The predicted molar refractivity (Wildman–Crippen MR) is 111 cm³/mol. The summed E-state index contributed by atoms with van der Waals surface area (Å²) in [6.45, 7) is 9.31. The maximum absolute atomic E-state index is 12.2. The number of rotatable bonds is 10. The second kappa shape index (κ2) is 10.6. The summed E-state index contributed by atoms with van der Waals surface area (Å²) in [5.41, 5.74) is 3.15. The van der Waals surface area contributed by atoms with Gasteiger partial charge in [-0.3, -0.25) is 4.79 Å². The van der Waals surface area contributed by atoms with Crippen LogP contribution in [0.4, 0.5) is 0 Å². The summed E-state index contributed by atoms with van der Waals surface area (Å²) in [5.74, 6) is 2.31. The molecule has 2 rings (SSSR count). The Hall–Kier alpha value is -2.69. The van der Waals surface area contributed by atoms with Crippen molar-refractivity contribution in [1.82, 2.24) is 5.32 Å². The first-order valence-corrected chi connectivity index (χ1v) is 9.74. The number of carbonyl (C=O) groups excluding carboxylic acids is 1. The number of hydrogen-bond acceptors (Lipinski definition) is 4. The molecular formula is C23H31NO4. The molecule has 0 aliphatic rings. The van der Waals surface area contributed by atoms with Crippen LogP contribution in [0, 0.1) is 6.92 Å². The highest BCUT2D eigenvalue weighted by Crippen LogP contribution is 2.29. The van der Waals surface area contributed by atoms with E-state index in [9.17, 15) is 4.79 Å². The second-order valence-corrected chi connectivity index (χ2v) is 7.10. The number of hydrogen-bond donors (Lipinski definition) is 1. The van der Waals surface area contributed by atoms with Crippen molar-refractivity contribution in [1.29, 1.82) is 0 Å². The van der Waals surface area contributed by atoms with E-state index < -0.39 is 0 Å². The summed E-state index contributed by atoms with van der Waals surface area (Å²) in [6, 6.07) is 11.8. The maximum atomic E-state index is 12.2. The predicted octanol–water partition coefficient (Wildman–Crippen LogP) is 4.61. The molecule has 0 unspecified atom stereocenters. The van der Waals surface area contributed by atoms with Gasteiger partial charge in [-0.1, -0.05) is 39.0 Å². The summed E-state index contributed by atoms with van der Waals surface area (Å²) < 4.78 is 16.8. The Morgan fingerprint density at radius 2 is 1.82 bits per heavy atom. The van der Waals surface area contributed by atoms with Crippen molar-refractivity contribution in [2.24, 2.45) is 0 Å². The van der Waals surface area contributed by atoms with Gasteiger partial charge in [-0.15, -0.1) is 0 Å². The summed E-state index contributed by atoms with van der Waals surface area (Å²) in [6.07, 6.45) is 0.931. The van der Waals surface area contributed by atoms with Gasteiger partial charge in [0.05, 0.1) is 13.7 Å². The van der Waals surface area contributed by atoms with Crippen molar-refractivity contribution >= 4 is 5.91 Å². The number of methoxy groups -OCH3 is 1. The molecule has 0 fully saturated rings. The van der Waals surface area contributed by atoms with Gasteiger partial charge in [0.15, 0.2) is 18.1 Å². The van der Waals surface area contributed by atoms with Crippen LogP contribution in [0.5, 0.6) is 17.2 Å². The Bertz CT molecular complexity index is 786. The number of ether oxygens (including phenoxy) is 3. The van der Waals surface area contributed by atoms with Gasteiger partial charge < -0.3 is 19.5 Å². The molecule has 152 valence electrons. The molecular weight excluding hydrogens is 354 g/mol. The van der Waals surface area contributed by atoms with E-state index in [1.54, 1.807) is 7.11 Å². The smallest absolute Gasteiger partial charge is 0.258 e. The van der Waals surface area contributed by atoms with Gasteiger partial charge >= 0.3 is 0 Å². The van der Waals surface area contributed by atoms with Crippen molar-refractivity contribution in [2.75, 3.05) is 20.3 Å². The molecule has 0 aliphatic carbocycles. The minimum atomic E-state index is -0.165. The van der Waals surface area contributed by atoms with Crippen LogP contribution in [0.1, 0.15) is 49.8 Å². The van der Waals surface area contributed by atoms with E-state index in [1.807, 2.05) is 31.2 Å². The number of aryl methyl sites for hydroxylation is 1. The second-order valence-electron chi connectivity index (χ2n) is 7.10. The van der Waals surface area contributed by atoms with E-state index >= 15 is 0 Å². The van der Waals surface area contributed by atoms with E-state index in [0.717, 1.165) is 28.9 Å².